The molecule has 0 unspecified atom stereocenters. The van der Waals surface area contributed by atoms with E-state index in [1.165, 1.54) is 22.0 Å². The highest BCUT2D eigenvalue weighted by Crippen LogP contribution is 2.23. The number of nitrogens with two attached hydrogens (primary N) is 1. The Morgan fingerprint density at radius 2 is 2.05 bits per heavy atom. The van der Waals surface area contributed by atoms with Gasteiger partial charge in [-0.15, -0.1) is 10.2 Å². The van der Waals surface area contributed by atoms with E-state index >= 15 is 0 Å². The number of amides is 1. The van der Waals surface area contributed by atoms with Crippen molar-refractivity contribution in [3.63, 3.8) is 0 Å². The minimum Gasteiger partial charge on any atom is -0.336 e. The van der Waals surface area contributed by atoms with Crippen molar-refractivity contribution in [2.75, 3.05) is 11.2 Å². The maximum absolute atomic E-state index is 12.2. The molecule has 0 radical (unpaired) electrons. The lowest BCUT2D eigenvalue weighted by molar-refractivity contribution is -0.115. The number of anilines is 1. The Bertz CT molecular complexity index is 667. The summed E-state index contributed by atoms with van der Waals surface area (Å²) in [6, 6.07) is 5.92. The molecule has 6 nitrogen and oxygen atoms in total. The maximum Gasteiger partial charge on any atom is 0.237 e. The summed E-state index contributed by atoms with van der Waals surface area (Å²) in [5, 5.41) is 10.9. The third-order valence-electron chi connectivity index (χ3n) is 3.13. The van der Waals surface area contributed by atoms with Crippen molar-refractivity contribution in [3.8, 4) is 0 Å². The number of nitrogens with zero attached hydrogens (tertiary/aromatic N) is 3. The summed E-state index contributed by atoms with van der Waals surface area (Å²) in [5.41, 5.74) is 3.03. The van der Waals surface area contributed by atoms with Crippen molar-refractivity contribution in [3.05, 3.63) is 35.2 Å². The summed E-state index contributed by atoms with van der Waals surface area (Å²) in [5.74, 6) is 6.30. The molecule has 1 aromatic carbocycles. The summed E-state index contributed by atoms with van der Waals surface area (Å²) in [6.45, 7) is 7.57. The van der Waals surface area contributed by atoms with Crippen LogP contribution in [0.4, 0.5) is 5.69 Å². The first-order valence-electron chi connectivity index (χ1n) is 6.60. The number of hydrogen-bond acceptors (Lipinski definition) is 5. The third-order valence-corrected chi connectivity index (χ3v) is 4.18. The van der Waals surface area contributed by atoms with E-state index in [1.807, 2.05) is 39.0 Å². The van der Waals surface area contributed by atoms with Crippen molar-refractivity contribution in [2.45, 2.75) is 38.1 Å². The van der Waals surface area contributed by atoms with Gasteiger partial charge in [-0.1, -0.05) is 29.5 Å². The van der Waals surface area contributed by atoms with Crippen LogP contribution in [0.25, 0.3) is 0 Å². The molecular weight excluding hydrogens is 286 g/mol. The van der Waals surface area contributed by atoms with E-state index in [-0.39, 0.29) is 11.2 Å². The van der Waals surface area contributed by atoms with E-state index in [0.29, 0.717) is 11.0 Å². The Balaban J connectivity index is 2.04. The summed E-state index contributed by atoms with van der Waals surface area (Å²) < 4.78 is 1.38. The molecule has 2 rings (SSSR count). The molecule has 1 aromatic heterocycles. The molecule has 2 aromatic rings. The minimum atomic E-state index is -0.323. The van der Waals surface area contributed by atoms with Crippen LogP contribution in [0.5, 0.6) is 0 Å². The Morgan fingerprint density at radius 3 is 2.62 bits per heavy atom. The molecule has 0 aliphatic heterocycles. The number of carbonyl (C=O) groups is 1. The standard InChI is InChI=1S/C14H19N5OS/c1-8-5-6-12(9(2)7-8)16-13(20)10(3)21-14-18-17-11(4)19(14)15/h5-7,10H,15H2,1-4H3,(H,16,20)/t10-/m1/s1. The number of thioether (sulfide) groups is 1. The van der Waals surface area contributed by atoms with E-state index in [4.69, 9.17) is 5.84 Å². The van der Waals surface area contributed by atoms with Gasteiger partial charge in [0.25, 0.3) is 0 Å². The monoisotopic (exact) mass is 305 g/mol. The van der Waals surface area contributed by atoms with Crippen LogP contribution in [0.15, 0.2) is 23.4 Å². The largest absolute Gasteiger partial charge is 0.336 e. The van der Waals surface area contributed by atoms with E-state index in [0.717, 1.165) is 11.3 Å². The predicted octanol–water partition coefficient (Wildman–Crippen LogP) is 2.04. The average molecular weight is 305 g/mol. The van der Waals surface area contributed by atoms with E-state index in [2.05, 4.69) is 15.5 Å². The lowest BCUT2D eigenvalue weighted by Gasteiger charge is -2.13. The Hall–Kier alpha value is -2.02. The molecule has 0 saturated heterocycles. The smallest absolute Gasteiger partial charge is 0.237 e. The number of nitrogens with one attached hydrogen (secondary N) is 1. The molecule has 0 fully saturated rings. The number of aryl methyl sites for hydroxylation is 3. The number of carbonyl (C=O) groups excluding carboxylic acids is 1. The van der Waals surface area contributed by atoms with Gasteiger partial charge in [-0.2, -0.15) is 0 Å². The van der Waals surface area contributed by atoms with Crippen LogP contribution >= 0.6 is 11.8 Å². The van der Waals surface area contributed by atoms with E-state index < -0.39 is 0 Å². The quantitative estimate of drug-likeness (QED) is 0.667. The molecule has 3 N–H and O–H groups in total. The predicted molar refractivity (Wildman–Crippen MR) is 84.8 cm³/mol. The summed E-state index contributed by atoms with van der Waals surface area (Å²) >= 11 is 1.28. The molecule has 1 atom stereocenters. The van der Waals surface area contributed by atoms with Crippen molar-refractivity contribution >= 4 is 23.4 Å². The number of benzene rings is 1. The second kappa shape index (κ2) is 6.17. The van der Waals surface area contributed by atoms with Crippen LogP contribution in [-0.2, 0) is 4.79 Å². The Kier molecular flexibility index (Phi) is 4.52. The summed E-state index contributed by atoms with van der Waals surface area (Å²) in [7, 11) is 0. The van der Waals surface area contributed by atoms with Crippen LogP contribution in [0, 0.1) is 20.8 Å². The van der Waals surface area contributed by atoms with Gasteiger partial charge in [-0.25, -0.2) is 4.68 Å². The van der Waals surface area contributed by atoms with Gasteiger partial charge in [0.2, 0.25) is 11.1 Å². The number of rotatable bonds is 4. The zero-order valence-corrected chi connectivity index (χ0v) is 13.4. The zero-order chi connectivity index (χ0) is 15.6. The molecule has 0 bridgehead atoms. The Morgan fingerprint density at radius 1 is 1.33 bits per heavy atom. The fourth-order valence-corrected chi connectivity index (χ4v) is 2.65. The Labute approximate surface area is 128 Å². The fourth-order valence-electron chi connectivity index (χ4n) is 1.83. The molecule has 21 heavy (non-hydrogen) atoms. The second-order valence-corrected chi connectivity index (χ2v) is 6.28. The third kappa shape index (κ3) is 3.55. The van der Waals surface area contributed by atoms with Gasteiger partial charge in [0.05, 0.1) is 5.25 Å². The molecule has 112 valence electrons. The summed E-state index contributed by atoms with van der Waals surface area (Å²) in [6.07, 6.45) is 0. The van der Waals surface area contributed by atoms with Crippen molar-refractivity contribution < 1.29 is 4.79 Å². The van der Waals surface area contributed by atoms with Gasteiger partial charge in [0.1, 0.15) is 5.82 Å². The lowest BCUT2D eigenvalue weighted by Crippen LogP contribution is -2.24. The van der Waals surface area contributed by atoms with Crippen LogP contribution in [0.3, 0.4) is 0 Å². The minimum absolute atomic E-state index is 0.0902. The van der Waals surface area contributed by atoms with Gasteiger partial charge in [0, 0.05) is 5.69 Å². The number of nitrogen functional groups attached to an aromatic ring is 1. The molecule has 1 amide bonds. The van der Waals surface area contributed by atoms with E-state index in [1.54, 1.807) is 6.92 Å². The molecule has 7 heteroatoms. The maximum atomic E-state index is 12.2. The van der Waals surface area contributed by atoms with Crippen molar-refractivity contribution in [2.24, 2.45) is 0 Å². The first-order chi connectivity index (χ1) is 9.88. The highest BCUT2D eigenvalue weighted by Gasteiger charge is 2.19. The fraction of sp³-hybridized carbons (Fsp3) is 0.357. The number of hydrogen-bond donors (Lipinski definition) is 2. The van der Waals surface area contributed by atoms with Gasteiger partial charge in [-0.05, 0) is 39.3 Å². The SMILES string of the molecule is Cc1ccc(NC(=O)[C@@H](C)Sc2nnc(C)n2N)c(C)c1. The topological polar surface area (TPSA) is 85.8 Å². The van der Waals surface area contributed by atoms with Crippen LogP contribution in [0.2, 0.25) is 0 Å². The second-order valence-electron chi connectivity index (χ2n) is 4.97. The van der Waals surface area contributed by atoms with Crippen molar-refractivity contribution in [1.29, 1.82) is 0 Å². The molecular formula is C14H19N5OS. The first-order valence-corrected chi connectivity index (χ1v) is 7.48. The lowest BCUT2D eigenvalue weighted by atomic mass is 10.1. The molecule has 0 spiro atoms. The van der Waals surface area contributed by atoms with Gasteiger partial charge < -0.3 is 11.2 Å². The van der Waals surface area contributed by atoms with E-state index in [9.17, 15) is 4.79 Å². The molecule has 0 aliphatic rings. The summed E-state index contributed by atoms with van der Waals surface area (Å²) in [4.78, 5) is 12.2. The molecule has 0 aliphatic carbocycles. The van der Waals surface area contributed by atoms with Gasteiger partial charge >= 0.3 is 0 Å². The highest BCUT2D eigenvalue weighted by atomic mass is 32.2. The first kappa shape index (κ1) is 15.4. The molecule has 1 heterocycles. The van der Waals surface area contributed by atoms with Gasteiger partial charge in [-0.3, -0.25) is 4.79 Å². The normalized spacial score (nSPS) is 12.2. The highest BCUT2D eigenvalue weighted by molar-refractivity contribution is 8.00. The zero-order valence-electron chi connectivity index (χ0n) is 12.5. The van der Waals surface area contributed by atoms with Gasteiger partial charge in [0.15, 0.2) is 0 Å². The number of aromatic nitrogens is 3. The van der Waals surface area contributed by atoms with Crippen molar-refractivity contribution in [1.82, 2.24) is 14.9 Å². The average Bonchev–Trinajstić information content (AvgIpc) is 2.73. The molecule has 0 saturated carbocycles. The van der Waals surface area contributed by atoms with Crippen LogP contribution in [0.1, 0.15) is 23.9 Å². The van der Waals surface area contributed by atoms with Crippen LogP contribution < -0.4 is 11.2 Å². The van der Waals surface area contributed by atoms with Crippen LogP contribution in [-0.4, -0.2) is 26.0 Å².